The lowest BCUT2D eigenvalue weighted by molar-refractivity contribution is -0.138. The number of para-hydroxylation sites is 1. The summed E-state index contributed by atoms with van der Waals surface area (Å²) < 4.78 is 0. The first kappa shape index (κ1) is 16.5. The molecule has 0 fully saturated rings. The average Bonchev–Trinajstić information content (AvgIpc) is 2.52. The third-order valence-corrected chi connectivity index (χ3v) is 3.76. The Hall–Kier alpha value is -2.82. The molecule has 1 amide bonds. The van der Waals surface area contributed by atoms with Crippen molar-refractivity contribution >= 4 is 23.3 Å². The van der Waals surface area contributed by atoms with Gasteiger partial charge in [0.15, 0.2) is 0 Å². The Balaban J connectivity index is 2.29. The minimum absolute atomic E-state index is 0.404. The zero-order valence-corrected chi connectivity index (χ0v) is 13.4. The number of carboxylic acids is 1. The van der Waals surface area contributed by atoms with Gasteiger partial charge in [-0.05, 0) is 50.1 Å². The van der Waals surface area contributed by atoms with E-state index in [1.165, 1.54) is 6.92 Å². The first-order valence-electron chi connectivity index (χ1n) is 7.36. The number of amides is 1. The topological polar surface area (TPSA) is 78.4 Å². The summed E-state index contributed by atoms with van der Waals surface area (Å²) in [6.07, 6.45) is 0. The Morgan fingerprint density at radius 1 is 1.00 bits per heavy atom. The molecule has 1 atom stereocenters. The Morgan fingerprint density at radius 3 is 2.35 bits per heavy atom. The highest BCUT2D eigenvalue weighted by atomic mass is 16.4. The standard InChI is InChI=1S/C18H20N2O3/c1-11-7-6-10-15(12(11)2)20-16-9-5-4-8-14(16)17(21)19-13(3)18(22)23/h4-10,13,20H,1-3H3,(H,19,21)(H,22,23)/t13-/m0/s1. The van der Waals surface area contributed by atoms with E-state index < -0.39 is 17.9 Å². The van der Waals surface area contributed by atoms with Crippen LogP contribution in [-0.2, 0) is 4.79 Å². The van der Waals surface area contributed by atoms with Crippen LogP contribution in [0.5, 0.6) is 0 Å². The summed E-state index contributed by atoms with van der Waals surface area (Å²) in [5.41, 5.74) is 4.20. The molecule has 5 nitrogen and oxygen atoms in total. The van der Waals surface area contributed by atoms with Crippen molar-refractivity contribution in [3.63, 3.8) is 0 Å². The van der Waals surface area contributed by atoms with E-state index in [0.717, 1.165) is 16.8 Å². The van der Waals surface area contributed by atoms with Gasteiger partial charge in [-0.3, -0.25) is 9.59 Å². The van der Waals surface area contributed by atoms with Crippen molar-refractivity contribution in [2.75, 3.05) is 5.32 Å². The van der Waals surface area contributed by atoms with Crippen LogP contribution >= 0.6 is 0 Å². The monoisotopic (exact) mass is 312 g/mol. The van der Waals surface area contributed by atoms with Crippen molar-refractivity contribution < 1.29 is 14.7 Å². The molecular weight excluding hydrogens is 292 g/mol. The number of carbonyl (C=O) groups excluding carboxylic acids is 1. The largest absolute Gasteiger partial charge is 0.480 e. The zero-order chi connectivity index (χ0) is 17.0. The third-order valence-electron chi connectivity index (χ3n) is 3.76. The molecule has 23 heavy (non-hydrogen) atoms. The molecule has 2 aromatic rings. The van der Waals surface area contributed by atoms with Crippen LogP contribution in [0.25, 0.3) is 0 Å². The molecular formula is C18H20N2O3. The van der Waals surface area contributed by atoms with Crippen LogP contribution in [0.4, 0.5) is 11.4 Å². The van der Waals surface area contributed by atoms with E-state index in [0.29, 0.717) is 11.3 Å². The van der Waals surface area contributed by atoms with Gasteiger partial charge >= 0.3 is 5.97 Å². The van der Waals surface area contributed by atoms with Gasteiger partial charge in [-0.15, -0.1) is 0 Å². The van der Waals surface area contributed by atoms with E-state index in [-0.39, 0.29) is 0 Å². The summed E-state index contributed by atoms with van der Waals surface area (Å²) in [6.45, 7) is 5.46. The fourth-order valence-electron chi connectivity index (χ4n) is 2.16. The lowest BCUT2D eigenvalue weighted by Gasteiger charge is -2.16. The maximum Gasteiger partial charge on any atom is 0.325 e. The Morgan fingerprint density at radius 2 is 1.65 bits per heavy atom. The van der Waals surface area contributed by atoms with Crippen LogP contribution in [0.2, 0.25) is 0 Å². The number of benzene rings is 2. The predicted molar refractivity (Wildman–Crippen MR) is 90.2 cm³/mol. The lowest BCUT2D eigenvalue weighted by Crippen LogP contribution is -2.38. The Bertz CT molecular complexity index is 741. The second kappa shape index (κ2) is 6.96. The van der Waals surface area contributed by atoms with Crippen molar-refractivity contribution in [3.05, 3.63) is 59.2 Å². The number of aliphatic carboxylic acids is 1. The van der Waals surface area contributed by atoms with E-state index in [4.69, 9.17) is 5.11 Å². The quantitative estimate of drug-likeness (QED) is 0.792. The minimum Gasteiger partial charge on any atom is -0.480 e. The molecule has 120 valence electrons. The number of rotatable bonds is 5. The van der Waals surface area contributed by atoms with Crippen molar-refractivity contribution in [1.82, 2.24) is 5.32 Å². The second-order valence-corrected chi connectivity index (χ2v) is 5.45. The van der Waals surface area contributed by atoms with Gasteiger partial charge in [-0.25, -0.2) is 0 Å². The summed E-state index contributed by atoms with van der Waals surface area (Å²) in [5.74, 6) is -1.49. The van der Waals surface area contributed by atoms with Crippen molar-refractivity contribution in [2.45, 2.75) is 26.8 Å². The van der Waals surface area contributed by atoms with Crippen LogP contribution in [0, 0.1) is 13.8 Å². The maximum atomic E-state index is 12.3. The van der Waals surface area contributed by atoms with Crippen molar-refractivity contribution in [1.29, 1.82) is 0 Å². The predicted octanol–water partition coefficient (Wildman–Crippen LogP) is 3.25. The molecule has 0 aliphatic heterocycles. The van der Waals surface area contributed by atoms with E-state index in [1.54, 1.807) is 18.2 Å². The zero-order valence-electron chi connectivity index (χ0n) is 13.4. The number of hydrogen-bond acceptors (Lipinski definition) is 3. The van der Waals surface area contributed by atoms with Gasteiger partial charge in [0.05, 0.1) is 11.3 Å². The molecule has 0 aliphatic rings. The smallest absolute Gasteiger partial charge is 0.325 e. The van der Waals surface area contributed by atoms with Gasteiger partial charge in [0, 0.05) is 5.69 Å². The van der Waals surface area contributed by atoms with Gasteiger partial charge in [0.25, 0.3) is 5.91 Å². The molecule has 0 unspecified atom stereocenters. The number of carboxylic acid groups (broad SMARTS) is 1. The number of anilines is 2. The number of carbonyl (C=O) groups is 2. The van der Waals surface area contributed by atoms with E-state index in [2.05, 4.69) is 10.6 Å². The normalized spacial score (nSPS) is 11.6. The van der Waals surface area contributed by atoms with Gasteiger partial charge in [-0.1, -0.05) is 24.3 Å². The number of hydrogen-bond donors (Lipinski definition) is 3. The van der Waals surface area contributed by atoms with E-state index in [9.17, 15) is 9.59 Å². The summed E-state index contributed by atoms with van der Waals surface area (Å²) in [4.78, 5) is 23.2. The lowest BCUT2D eigenvalue weighted by atomic mass is 10.1. The fraction of sp³-hybridized carbons (Fsp3) is 0.222. The first-order valence-corrected chi connectivity index (χ1v) is 7.36. The SMILES string of the molecule is Cc1cccc(Nc2ccccc2C(=O)N[C@@H](C)C(=O)O)c1C. The van der Waals surface area contributed by atoms with E-state index >= 15 is 0 Å². The number of nitrogens with one attached hydrogen (secondary N) is 2. The molecule has 0 bridgehead atoms. The van der Waals surface area contributed by atoms with Crippen LogP contribution in [0.15, 0.2) is 42.5 Å². The molecule has 5 heteroatoms. The molecule has 3 N–H and O–H groups in total. The van der Waals surface area contributed by atoms with Crippen LogP contribution < -0.4 is 10.6 Å². The Labute approximate surface area is 135 Å². The maximum absolute atomic E-state index is 12.3. The highest BCUT2D eigenvalue weighted by molar-refractivity contribution is 6.01. The molecule has 0 aromatic heterocycles. The van der Waals surface area contributed by atoms with Crippen LogP contribution in [-0.4, -0.2) is 23.0 Å². The highest BCUT2D eigenvalue weighted by Crippen LogP contribution is 2.25. The van der Waals surface area contributed by atoms with Gasteiger partial charge in [0.2, 0.25) is 0 Å². The average molecular weight is 312 g/mol. The summed E-state index contributed by atoms with van der Waals surface area (Å²) in [5, 5.41) is 14.6. The number of aryl methyl sites for hydroxylation is 1. The summed E-state index contributed by atoms with van der Waals surface area (Å²) >= 11 is 0. The van der Waals surface area contributed by atoms with Crippen LogP contribution in [0.3, 0.4) is 0 Å². The molecule has 0 spiro atoms. The first-order chi connectivity index (χ1) is 10.9. The van der Waals surface area contributed by atoms with Gasteiger partial charge in [-0.2, -0.15) is 0 Å². The minimum atomic E-state index is -1.07. The molecule has 2 rings (SSSR count). The fourth-order valence-corrected chi connectivity index (χ4v) is 2.16. The van der Waals surface area contributed by atoms with E-state index in [1.807, 2.05) is 38.1 Å². The second-order valence-electron chi connectivity index (χ2n) is 5.45. The molecule has 0 radical (unpaired) electrons. The Kier molecular flexibility index (Phi) is 5.01. The summed E-state index contributed by atoms with van der Waals surface area (Å²) in [7, 11) is 0. The van der Waals surface area contributed by atoms with Crippen LogP contribution in [0.1, 0.15) is 28.4 Å². The van der Waals surface area contributed by atoms with Crippen molar-refractivity contribution in [3.8, 4) is 0 Å². The molecule has 2 aromatic carbocycles. The molecule has 0 saturated heterocycles. The van der Waals surface area contributed by atoms with Gasteiger partial charge in [0.1, 0.15) is 6.04 Å². The molecule has 0 saturated carbocycles. The summed E-state index contributed by atoms with van der Waals surface area (Å²) in [6, 6.07) is 12.0. The molecule has 0 heterocycles. The molecule has 0 aliphatic carbocycles. The van der Waals surface area contributed by atoms with Crippen molar-refractivity contribution in [2.24, 2.45) is 0 Å². The highest BCUT2D eigenvalue weighted by Gasteiger charge is 2.17. The third kappa shape index (κ3) is 3.88. The van der Waals surface area contributed by atoms with Gasteiger partial charge < -0.3 is 15.7 Å².